The first-order valence-electron chi connectivity index (χ1n) is 11.0. The number of ketones is 2. The summed E-state index contributed by atoms with van der Waals surface area (Å²) in [7, 11) is 0. The molecule has 0 amide bonds. The van der Waals surface area contributed by atoms with Crippen LogP contribution in [-0.2, 0) is 13.2 Å². The fourth-order valence-electron chi connectivity index (χ4n) is 4.07. The highest BCUT2D eigenvalue weighted by atomic mass is 35.5. The van der Waals surface area contributed by atoms with Gasteiger partial charge < -0.3 is 9.47 Å². The van der Waals surface area contributed by atoms with Crippen molar-refractivity contribution >= 4 is 28.4 Å². The van der Waals surface area contributed by atoms with Crippen molar-refractivity contribution in [3.05, 3.63) is 130 Å². The summed E-state index contributed by atoms with van der Waals surface area (Å²) in [6, 6.07) is 26.6. The van der Waals surface area contributed by atoms with Gasteiger partial charge in [0, 0.05) is 16.7 Å². The molecule has 4 aromatic carbocycles. The maximum Gasteiger partial charge on any atom is 0.252 e. The summed E-state index contributed by atoms with van der Waals surface area (Å²) < 4.78 is 11.9. The lowest BCUT2D eigenvalue weighted by molar-refractivity contribution is 0.0970. The zero-order valence-corrected chi connectivity index (χ0v) is 19.2. The molecule has 5 rings (SSSR count). The monoisotopic (exact) mass is 482 g/mol. The number of carbonyl (C=O) groups is 3. The van der Waals surface area contributed by atoms with Crippen LogP contribution in [-0.4, -0.2) is 16.8 Å². The lowest BCUT2D eigenvalue weighted by Crippen LogP contribution is -2.23. The third kappa shape index (κ3) is 4.46. The second-order valence-electron chi connectivity index (χ2n) is 8.06. The fraction of sp³-hybridized carbons (Fsp3) is 0.0690. The second-order valence-corrected chi connectivity index (χ2v) is 8.40. The molecule has 0 atom stereocenters. The van der Waals surface area contributed by atoms with Gasteiger partial charge in [0.15, 0.2) is 5.78 Å². The molecule has 5 nitrogen and oxygen atoms in total. The van der Waals surface area contributed by atoms with Crippen LogP contribution in [0, 0.1) is 0 Å². The highest BCUT2D eigenvalue weighted by molar-refractivity contribution is 6.67. The molecular formula is C29H19ClO5. The van der Waals surface area contributed by atoms with Crippen LogP contribution < -0.4 is 9.47 Å². The lowest BCUT2D eigenvalue weighted by atomic mass is 9.82. The molecule has 0 heterocycles. The Kier molecular flexibility index (Phi) is 6.17. The molecule has 0 bridgehead atoms. The predicted octanol–water partition coefficient (Wildman–Crippen LogP) is 6.00. The van der Waals surface area contributed by atoms with Crippen molar-refractivity contribution in [2.75, 3.05) is 0 Å². The SMILES string of the molecule is O=C(Cl)c1cc(OCc2ccccc2)c2c(c1)C(=O)c1cccc(OCc3ccccc3)c1C2=O. The van der Waals surface area contributed by atoms with Gasteiger partial charge in [0.2, 0.25) is 5.78 Å². The molecule has 0 N–H and O–H groups in total. The molecule has 4 aromatic rings. The quantitative estimate of drug-likeness (QED) is 0.266. The number of hydrogen-bond donors (Lipinski definition) is 0. The first-order chi connectivity index (χ1) is 17.0. The molecule has 0 unspecified atom stereocenters. The summed E-state index contributed by atoms with van der Waals surface area (Å²) in [5, 5.41) is -0.747. The number of ether oxygens (including phenoxy) is 2. The van der Waals surface area contributed by atoms with Gasteiger partial charge in [-0.15, -0.1) is 0 Å². The summed E-state index contributed by atoms with van der Waals surface area (Å²) in [6.07, 6.45) is 0. The van der Waals surface area contributed by atoms with E-state index in [0.717, 1.165) is 11.1 Å². The van der Waals surface area contributed by atoms with Crippen LogP contribution in [0.2, 0.25) is 0 Å². The van der Waals surface area contributed by atoms with Crippen LogP contribution in [0.3, 0.4) is 0 Å². The maximum absolute atomic E-state index is 13.8. The van der Waals surface area contributed by atoms with Gasteiger partial charge in [0.05, 0.1) is 11.1 Å². The smallest absolute Gasteiger partial charge is 0.252 e. The number of hydrogen-bond acceptors (Lipinski definition) is 5. The van der Waals surface area contributed by atoms with Gasteiger partial charge in [0.1, 0.15) is 24.7 Å². The van der Waals surface area contributed by atoms with Gasteiger partial charge in [-0.25, -0.2) is 0 Å². The van der Waals surface area contributed by atoms with Crippen molar-refractivity contribution in [3.8, 4) is 11.5 Å². The third-order valence-corrected chi connectivity index (χ3v) is 5.99. The normalized spacial score (nSPS) is 12.0. The summed E-state index contributed by atoms with van der Waals surface area (Å²) in [5.74, 6) is -0.377. The average Bonchev–Trinajstić information content (AvgIpc) is 2.89. The van der Waals surface area contributed by atoms with Crippen LogP contribution in [0.25, 0.3) is 0 Å². The Hall–Kier alpha value is -4.22. The average molecular weight is 483 g/mol. The summed E-state index contributed by atoms with van der Waals surface area (Å²) in [6.45, 7) is 0.385. The van der Waals surface area contributed by atoms with Crippen LogP contribution >= 0.6 is 11.6 Å². The fourth-order valence-corrected chi connectivity index (χ4v) is 4.18. The van der Waals surface area contributed by atoms with Crippen molar-refractivity contribution in [2.45, 2.75) is 13.2 Å². The van der Waals surface area contributed by atoms with E-state index in [1.54, 1.807) is 18.2 Å². The van der Waals surface area contributed by atoms with E-state index in [1.807, 2.05) is 60.7 Å². The number of benzene rings is 4. The molecule has 0 aromatic heterocycles. The van der Waals surface area contributed by atoms with E-state index in [2.05, 4.69) is 0 Å². The Bertz CT molecular complexity index is 1450. The molecule has 172 valence electrons. The van der Waals surface area contributed by atoms with E-state index in [0.29, 0.717) is 5.75 Å². The minimum atomic E-state index is -0.747. The molecule has 6 heteroatoms. The molecule has 0 radical (unpaired) electrons. The molecular weight excluding hydrogens is 464 g/mol. The summed E-state index contributed by atoms with van der Waals surface area (Å²) >= 11 is 5.73. The van der Waals surface area contributed by atoms with E-state index in [1.165, 1.54) is 12.1 Å². The number of halogens is 1. The molecule has 0 saturated heterocycles. The van der Waals surface area contributed by atoms with Gasteiger partial charge in [0.25, 0.3) is 5.24 Å². The van der Waals surface area contributed by atoms with Gasteiger partial charge in [-0.3, -0.25) is 14.4 Å². The Balaban J connectivity index is 1.56. The molecule has 1 aliphatic rings. The van der Waals surface area contributed by atoms with Gasteiger partial charge in [-0.1, -0.05) is 72.8 Å². The van der Waals surface area contributed by atoms with E-state index < -0.39 is 16.8 Å². The first-order valence-corrected chi connectivity index (χ1v) is 11.3. The Morgan fingerprint density at radius 2 is 1.20 bits per heavy atom. The summed E-state index contributed by atoms with van der Waals surface area (Å²) in [5.41, 5.74) is 2.43. The molecule has 1 aliphatic carbocycles. The van der Waals surface area contributed by atoms with Crippen molar-refractivity contribution < 1.29 is 23.9 Å². The van der Waals surface area contributed by atoms with E-state index in [9.17, 15) is 14.4 Å². The van der Waals surface area contributed by atoms with Crippen LogP contribution in [0.15, 0.2) is 91.0 Å². The van der Waals surface area contributed by atoms with Crippen molar-refractivity contribution in [1.82, 2.24) is 0 Å². The topological polar surface area (TPSA) is 69.7 Å². The highest BCUT2D eigenvalue weighted by Gasteiger charge is 2.36. The van der Waals surface area contributed by atoms with Crippen molar-refractivity contribution in [1.29, 1.82) is 0 Å². The Labute approximate surface area is 206 Å². The van der Waals surface area contributed by atoms with E-state index in [4.69, 9.17) is 21.1 Å². The number of fused-ring (bicyclic) bond motifs is 2. The van der Waals surface area contributed by atoms with Crippen molar-refractivity contribution in [3.63, 3.8) is 0 Å². The molecule has 0 fully saturated rings. The zero-order valence-electron chi connectivity index (χ0n) is 18.5. The Morgan fingerprint density at radius 3 is 1.80 bits per heavy atom. The van der Waals surface area contributed by atoms with Crippen LogP contribution in [0.5, 0.6) is 11.5 Å². The lowest BCUT2D eigenvalue weighted by Gasteiger charge is -2.23. The van der Waals surface area contributed by atoms with E-state index >= 15 is 0 Å². The standard InChI is InChI=1S/C29H19ClO5/c30-29(33)20-14-22-26(24(15-20)35-17-19-10-5-2-6-11-19)28(32)25-21(27(22)31)12-7-13-23(25)34-16-18-8-3-1-4-9-18/h1-15H,16-17H2. The first kappa shape index (κ1) is 22.6. The van der Waals surface area contributed by atoms with Crippen LogP contribution in [0.1, 0.15) is 53.3 Å². The molecule has 35 heavy (non-hydrogen) atoms. The Morgan fingerprint density at radius 1 is 0.629 bits per heavy atom. The number of carbonyl (C=O) groups excluding carboxylic acids is 3. The zero-order chi connectivity index (χ0) is 24.4. The van der Waals surface area contributed by atoms with Gasteiger partial charge in [-0.05, 0) is 40.9 Å². The second kappa shape index (κ2) is 9.57. The number of rotatable bonds is 7. The molecule has 0 saturated carbocycles. The highest BCUT2D eigenvalue weighted by Crippen LogP contribution is 2.39. The predicted molar refractivity (Wildman–Crippen MR) is 131 cm³/mol. The van der Waals surface area contributed by atoms with Crippen molar-refractivity contribution in [2.24, 2.45) is 0 Å². The third-order valence-electron chi connectivity index (χ3n) is 5.77. The maximum atomic E-state index is 13.8. The minimum absolute atomic E-state index is 0.0783. The summed E-state index contributed by atoms with van der Waals surface area (Å²) in [4.78, 5) is 39.2. The molecule has 0 aliphatic heterocycles. The largest absolute Gasteiger partial charge is 0.488 e. The minimum Gasteiger partial charge on any atom is -0.488 e. The van der Waals surface area contributed by atoms with Gasteiger partial charge >= 0.3 is 0 Å². The molecule has 0 spiro atoms. The van der Waals surface area contributed by atoms with Crippen LogP contribution in [0.4, 0.5) is 0 Å². The van der Waals surface area contributed by atoms with E-state index in [-0.39, 0.29) is 46.8 Å². The van der Waals surface area contributed by atoms with Gasteiger partial charge in [-0.2, -0.15) is 0 Å².